The number of thiazole rings is 1. The van der Waals surface area contributed by atoms with Crippen LogP contribution in [0.15, 0.2) is 29.1 Å². The number of rotatable bonds is 7. The third-order valence-electron chi connectivity index (χ3n) is 3.74. The van der Waals surface area contributed by atoms with Gasteiger partial charge in [-0.1, -0.05) is 34.7 Å². The fourth-order valence-electron chi connectivity index (χ4n) is 2.40. The number of ether oxygens (including phenoxy) is 1. The van der Waals surface area contributed by atoms with Crippen LogP contribution in [0.25, 0.3) is 11.8 Å². The average Bonchev–Trinajstić information content (AvgIpc) is 2.97. The first-order valence-corrected chi connectivity index (χ1v) is 10.8. The van der Waals surface area contributed by atoms with Crippen LogP contribution >= 0.6 is 33.9 Å². The van der Waals surface area contributed by atoms with E-state index in [0.29, 0.717) is 15.7 Å². The maximum atomic E-state index is 12.6. The molecule has 0 radical (unpaired) electrons. The van der Waals surface area contributed by atoms with Crippen LogP contribution in [0.1, 0.15) is 19.4 Å². The van der Waals surface area contributed by atoms with Crippen molar-refractivity contribution in [2.24, 2.45) is 0 Å². The van der Waals surface area contributed by atoms with Crippen LogP contribution in [0, 0.1) is 11.3 Å². The second-order valence-corrected chi connectivity index (χ2v) is 7.56. The third-order valence-corrected chi connectivity index (χ3v) is 5.41. The van der Waals surface area contributed by atoms with Crippen LogP contribution in [0.5, 0.6) is 0 Å². The molecule has 0 atom stereocenters. The molecule has 0 fully saturated rings. The predicted molar refractivity (Wildman–Crippen MR) is 116 cm³/mol. The maximum absolute atomic E-state index is 12.6. The summed E-state index contributed by atoms with van der Waals surface area (Å²) in [5.41, 5.74) is 1.72. The van der Waals surface area contributed by atoms with E-state index in [1.54, 1.807) is 20.0 Å². The Bertz CT molecular complexity index is 1020. The van der Waals surface area contributed by atoms with Gasteiger partial charge in [-0.25, -0.2) is 4.79 Å². The quantitative estimate of drug-likeness (QED) is 0.360. The lowest BCUT2D eigenvalue weighted by molar-refractivity contribution is -0.136. The van der Waals surface area contributed by atoms with Crippen molar-refractivity contribution >= 4 is 57.4 Å². The van der Waals surface area contributed by atoms with Gasteiger partial charge in [0.05, 0.1) is 6.61 Å². The van der Waals surface area contributed by atoms with Gasteiger partial charge in [0.15, 0.2) is 5.57 Å². The van der Waals surface area contributed by atoms with Crippen molar-refractivity contribution in [2.45, 2.75) is 26.8 Å². The lowest BCUT2D eigenvalue weighted by Crippen LogP contribution is -2.32. The van der Waals surface area contributed by atoms with Crippen molar-refractivity contribution in [3.8, 4) is 6.07 Å². The van der Waals surface area contributed by atoms with Gasteiger partial charge in [-0.15, -0.1) is 11.3 Å². The van der Waals surface area contributed by atoms with E-state index in [1.165, 1.54) is 10.1 Å². The molecule has 142 valence electrons. The zero-order valence-electron chi connectivity index (χ0n) is 15.1. The molecular weight excluding hydrogens is 477 g/mol. The summed E-state index contributed by atoms with van der Waals surface area (Å²) in [4.78, 5) is 24.6. The number of alkyl halides is 1. The molecule has 0 amide bonds. The van der Waals surface area contributed by atoms with Crippen LogP contribution in [0.2, 0.25) is 0 Å². The Morgan fingerprint density at radius 2 is 2.07 bits per heavy atom. The smallest absolute Gasteiger partial charge is 0.351 e. The molecule has 2 rings (SSSR count). The fraction of sp³-hybridized carbons (Fsp3) is 0.316. The second kappa shape index (κ2) is 10.3. The second-order valence-electron chi connectivity index (χ2n) is 5.45. The number of carbonyl (C=O) groups excluding carboxylic acids is 1. The number of halogens is 1. The summed E-state index contributed by atoms with van der Waals surface area (Å²) >= 11 is 3.44. The van der Waals surface area contributed by atoms with Crippen molar-refractivity contribution in [2.75, 3.05) is 16.4 Å². The molecule has 0 saturated carbocycles. The first-order chi connectivity index (χ1) is 13.0. The van der Waals surface area contributed by atoms with E-state index < -0.39 is 5.97 Å². The van der Waals surface area contributed by atoms with Crippen LogP contribution in [0.4, 0.5) is 5.69 Å². The Morgan fingerprint density at radius 1 is 1.37 bits per heavy atom. The summed E-state index contributed by atoms with van der Waals surface area (Å²) in [5, 5.41) is 12.5. The number of anilines is 1. The van der Waals surface area contributed by atoms with E-state index in [1.807, 2.05) is 30.3 Å². The Morgan fingerprint density at radius 3 is 2.63 bits per heavy atom. The molecule has 1 heterocycles. The minimum absolute atomic E-state index is 0.149. The molecule has 0 saturated heterocycles. The van der Waals surface area contributed by atoms with Crippen molar-refractivity contribution in [3.63, 3.8) is 0 Å². The van der Waals surface area contributed by atoms with Gasteiger partial charge in [0, 0.05) is 22.9 Å². The van der Waals surface area contributed by atoms with E-state index in [0.717, 1.165) is 27.9 Å². The van der Waals surface area contributed by atoms with Crippen molar-refractivity contribution < 1.29 is 9.53 Å². The average molecular weight is 497 g/mol. The highest BCUT2D eigenvalue weighted by Crippen LogP contribution is 2.10. The zero-order valence-corrected chi connectivity index (χ0v) is 18.1. The van der Waals surface area contributed by atoms with Crippen LogP contribution in [-0.4, -0.2) is 21.6 Å². The summed E-state index contributed by atoms with van der Waals surface area (Å²) in [6, 6.07) is 9.86. The van der Waals surface area contributed by atoms with Crippen molar-refractivity contribution in [1.29, 1.82) is 5.26 Å². The van der Waals surface area contributed by atoms with Gasteiger partial charge < -0.3 is 10.1 Å². The topological polar surface area (TPSA) is 84.1 Å². The number of aryl methyl sites for hydroxylation is 1. The molecule has 1 aromatic carbocycles. The van der Waals surface area contributed by atoms with E-state index in [-0.39, 0.29) is 17.7 Å². The minimum Gasteiger partial charge on any atom is -0.462 e. The van der Waals surface area contributed by atoms with Crippen molar-refractivity contribution in [1.82, 2.24) is 4.57 Å². The molecule has 1 aromatic heterocycles. The van der Waals surface area contributed by atoms with Gasteiger partial charge >= 0.3 is 5.97 Å². The number of nitrogens with one attached hydrogen (secondary N) is 1. The molecule has 27 heavy (non-hydrogen) atoms. The summed E-state index contributed by atoms with van der Waals surface area (Å²) < 4.78 is 8.13. The van der Waals surface area contributed by atoms with E-state index >= 15 is 0 Å². The van der Waals surface area contributed by atoms with Crippen LogP contribution < -0.4 is 20.1 Å². The fourth-order valence-corrected chi connectivity index (χ4v) is 4.10. The number of esters is 1. The number of hydrogen-bond acceptors (Lipinski definition) is 6. The van der Waals surface area contributed by atoms with Gasteiger partial charge in [-0.2, -0.15) is 5.26 Å². The van der Waals surface area contributed by atoms with Gasteiger partial charge in [-0.05, 0) is 38.0 Å². The lowest BCUT2D eigenvalue weighted by atomic mass is 10.1. The molecule has 0 aliphatic heterocycles. The summed E-state index contributed by atoms with van der Waals surface area (Å²) in [6.45, 7) is 3.98. The maximum Gasteiger partial charge on any atom is 0.351 e. The van der Waals surface area contributed by atoms with Gasteiger partial charge in [0.25, 0.3) is 5.56 Å². The number of benzene rings is 1. The Balaban J connectivity index is 2.45. The molecule has 8 heteroatoms. The highest BCUT2D eigenvalue weighted by molar-refractivity contribution is 14.1. The number of nitrogens with zero attached hydrogens (tertiary/aromatic N) is 2. The zero-order chi connectivity index (χ0) is 19.8. The lowest BCUT2D eigenvalue weighted by Gasteiger charge is -2.02. The standard InChI is InChI=1S/C19H20IN3O3S/c1-3-23-17(24)16(27-18(23)15(11-21)19(25)26-4-2)12-22-14-7-5-13(6-8-14)9-10-20/h5-8,12,22H,3-4,9-10H2,1-2H3/b16-12+,18-15-. The number of nitriles is 1. The first kappa shape index (κ1) is 21.2. The van der Waals surface area contributed by atoms with E-state index in [4.69, 9.17) is 4.74 Å². The molecule has 0 spiro atoms. The molecule has 0 unspecified atom stereocenters. The monoisotopic (exact) mass is 497 g/mol. The number of hydrogen-bond donors (Lipinski definition) is 1. The summed E-state index contributed by atoms with van der Waals surface area (Å²) in [7, 11) is 0. The summed E-state index contributed by atoms with van der Waals surface area (Å²) in [5.74, 6) is -0.714. The van der Waals surface area contributed by atoms with E-state index in [2.05, 4.69) is 27.9 Å². The highest BCUT2D eigenvalue weighted by atomic mass is 127. The van der Waals surface area contributed by atoms with Gasteiger partial charge in [-0.3, -0.25) is 9.36 Å². The number of carbonyl (C=O) groups is 1. The molecule has 0 aliphatic rings. The van der Waals surface area contributed by atoms with Crippen LogP contribution in [0.3, 0.4) is 0 Å². The normalized spacial score (nSPS) is 12.4. The highest BCUT2D eigenvalue weighted by Gasteiger charge is 2.16. The Labute approximate surface area is 174 Å². The van der Waals surface area contributed by atoms with Crippen molar-refractivity contribution in [3.05, 3.63) is 49.4 Å². The van der Waals surface area contributed by atoms with Crippen LogP contribution in [-0.2, 0) is 22.5 Å². The Kier molecular flexibility index (Phi) is 8.06. The first-order valence-electron chi connectivity index (χ1n) is 8.48. The molecule has 6 nitrogen and oxygen atoms in total. The Hall–Kier alpha value is -2.12. The predicted octanol–water partition coefficient (Wildman–Crippen LogP) is 1.99. The molecule has 0 bridgehead atoms. The molecule has 2 aromatic rings. The third kappa shape index (κ3) is 5.20. The van der Waals surface area contributed by atoms with Gasteiger partial charge in [0.1, 0.15) is 15.3 Å². The summed E-state index contributed by atoms with van der Waals surface area (Å²) in [6.07, 6.45) is 2.62. The molecular formula is C19H20IN3O3S. The molecule has 1 N–H and O–H groups in total. The SMILES string of the molecule is CCOC(=O)/C(C#N)=c1\s/c(=C/Nc2ccc(CCI)cc2)c(=O)n1CC. The minimum atomic E-state index is -0.714. The van der Waals surface area contributed by atoms with Gasteiger partial charge in [0.2, 0.25) is 0 Å². The van der Waals surface area contributed by atoms with E-state index in [9.17, 15) is 14.9 Å². The molecule has 0 aliphatic carbocycles. The largest absolute Gasteiger partial charge is 0.462 e. The number of aromatic nitrogens is 1.